The SMILES string of the molecule is CN1CCCCC1CN1CCN(c2cncc3nncn23)CC1. The maximum absolute atomic E-state index is 4.30. The summed E-state index contributed by atoms with van der Waals surface area (Å²) in [6, 6.07) is 0.734. The molecule has 0 bridgehead atoms. The minimum Gasteiger partial charge on any atom is -0.354 e. The first-order valence-corrected chi connectivity index (χ1v) is 8.62. The molecular weight excluding hydrogens is 290 g/mol. The maximum Gasteiger partial charge on any atom is 0.180 e. The molecule has 2 aromatic rings. The molecule has 1 atom stereocenters. The first-order valence-electron chi connectivity index (χ1n) is 8.62. The number of piperidine rings is 1. The summed E-state index contributed by atoms with van der Waals surface area (Å²) in [5, 5.41) is 8.07. The van der Waals surface area contributed by atoms with Gasteiger partial charge in [0, 0.05) is 38.8 Å². The van der Waals surface area contributed by atoms with Gasteiger partial charge in [0.1, 0.15) is 12.1 Å². The normalized spacial score (nSPS) is 24.4. The lowest BCUT2D eigenvalue weighted by Crippen LogP contribution is -2.52. The largest absolute Gasteiger partial charge is 0.354 e. The van der Waals surface area contributed by atoms with Gasteiger partial charge in [-0.25, -0.2) is 0 Å². The Morgan fingerprint density at radius 1 is 1.09 bits per heavy atom. The molecule has 23 heavy (non-hydrogen) atoms. The highest BCUT2D eigenvalue weighted by Gasteiger charge is 2.25. The fourth-order valence-corrected chi connectivity index (χ4v) is 3.81. The van der Waals surface area contributed by atoms with Crippen molar-refractivity contribution in [3.05, 3.63) is 18.7 Å². The van der Waals surface area contributed by atoms with Crippen molar-refractivity contribution < 1.29 is 0 Å². The van der Waals surface area contributed by atoms with Gasteiger partial charge in [-0.15, -0.1) is 10.2 Å². The third-order valence-electron chi connectivity index (χ3n) is 5.29. The minimum atomic E-state index is 0.734. The van der Waals surface area contributed by atoms with Crippen LogP contribution < -0.4 is 4.90 Å². The number of likely N-dealkylation sites (tertiary alicyclic amines) is 1. The zero-order chi connectivity index (χ0) is 15.6. The van der Waals surface area contributed by atoms with Crippen LogP contribution in [0.25, 0.3) is 5.65 Å². The highest BCUT2D eigenvalue weighted by Crippen LogP contribution is 2.19. The third kappa shape index (κ3) is 3.03. The van der Waals surface area contributed by atoms with Crippen molar-refractivity contribution in [2.45, 2.75) is 25.3 Å². The Balaban J connectivity index is 1.38. The van der Waals surface area contributed by atoms with Crippen molar-refractivity contribution in [3.63, 3.8) is 0 Å². The number of likely N-dealkylation sites (N-methyl/N-ethyl adjacent to an activating group) is 1. The van der Waals surface area contributed by atoms with Gasteiger partial charge in [-0.05, 0) is 26.4 Å². The highest BCUT2D eigenvalue weighted by molar-refractivity contribution is 5.47. The molecule has 1 unspecified atom stereocenters. The monoisotopic (exact) mass is 315 g/mol. The summed E-state index contributed by atoms with van der Waals surface area (Å²) >= 11 is 0. The zero-order valence-electron chi connectivity index (χ0n) is 13.8. The van der Waals surface area contributed by atoms with E-state index in [0.29, 0.717) is 0 Å². The Morgan fingerprint density at radius 2 is 1.96 bits per heavy atom. The van der Waals surface area contributed by atoms with Crippen molar-refractivity contribution in [1.29, 1.82) is 0 Å². The van der Waals surface area contributed by atoms with Gasteiger partial charge in [-0.3, -0.25) is 14.3 Å². The predicted octanol–water partition coefficient (Wildman–Crippen LogP) is 0.731. The standard InChI is InChI=1S/C16H25N7/c1-20-5-3-2-4-14(20)12-21-6-8-22(9-7-21)16-11-17-10-15-19-18-13-23(15)16/h10-11,13-14H,2-9,12H2,1H3. The molecule has 7 heteroatoms. The maximum atomic E-state index is 4.30. The number of hydrogen-bond donors (Lipinski definition) is 0. The van der Waals surface area contributed by atoms with E-state index in [1.165, 1.54) is 32.4 Å². The van der Waals surface area contributed by atoms with Crippen molar-refractivity contribution >= 4 is 11.5 Å². The second-order valence-electron chi connectivity index (χ2n) is 6.74. The van der Waals surface area contributed by atoms with Crippen molar-refractivity contribution in [2.75, 3.05) is 51.2 Å². The van der Waals surface area contributed by atoms with E-state index < -0.39 is 0 Å². The number of rotatable bonds is 3. The molecule has 0 aromatic carbocycles. The van der Waals surface area contributed by atoms with Crippen LogP contribution in [0.2, 0.25) is 0 Å². The number of aromatic nitrogens is 4. The molecule has 2 aliphatic heterocycles. The Morgan fingerprint density at radius 3 is 2.78 bits per heavy atom. The molecule has 124 valence electrons. The molecule has 2 saturated heterocycles. The van der Waals surface area contributed by atoms with Crippen molar-refractivity contribution in [2.24, 2.45) is 0 Å². The van der Waals surface area contributed by atoms with Gasteiger partial charge in [-0.2, -0.15) is 0 Å². The van der Waals surface area contributed by atoms with E-state index >= 15 is 0 Å². The molecule has 2 aromatic heterocycles. The lowest BCUT2D eigenvalue weighted by Gasteiger charge is -2.40. The summed E-state index contributed by atoms with van der Waals surface area (Å²) in [5.41, 5.74) is 0.814. The van der Waals surface area contributed by atoms with Crippen LogP contribution in [0.4, 0.5) is 5.82 Å². The number of nitrogens with zero attached hydrogens (tertiary/aromatic N) is 7. The predicted molar refractivity (Wildman–Crippen MR) is 89.7 cm³/mol. The van der Waals surface area contributed by atoms with E-state index in [4.69, 9.17) is 0 Å². The molecule has 2 aliphatic rings. The Kier molecular flexibility index (Phi) is 4.13. The fourth-order valence-electron chi connectivity index (χ4n) is 3.81. The lowest BCUT2D eigenvalue weighted by molar-refractivity contribution is 0.124. The Labute approximate surface area is 136 Å². The van der Waals surface area contributed by atoms with Gasteiger partial charge in [-0.1, -0.05) is 6.42 Å². The van der Waals surface area contributed by atoms with Crippen LogP contribution in [0.15, 0.2) is 18.7 Å². The first kappa shape index (κ1) is 14.8. The van der Waals surface area contributed by atoms with Gasteiger partial charge in [0.15, 0.2) is 5.65 Å². The number of piperazine rings is 1. The molecule has 4 rings (SSSR count). The molecule has 7 nitrogen and oxygen atoms in total. The van der Waals surface area contributed by atoms with Crippen LogP contribution in [-0.2, 0) is 0 Å². The summed E-state index contributed by atoms with van der Waals surface area (Å²) in [7, 11) is 2.28. The summed E-state index contributed by atoms with van der Waals surface area (Å²) in [5.74, 6) is 1.10. The van der Waals surface area contributed by atoms with Crippen LogP contribution in [0, 0.1) is 0 Å². The molecular formula is C16H25N7. The van der Waals surface area contributed by atoms with Crippen LogP contribution in [-0.4, -0.2) is 81.7 Å². The number of anilines is 1. The van der Waals surface area contributed by atoms with Gasteiger partial charge in [0.25, 0.3) is 0 Å². The summed E-state index contributed by atoms with van der Waals surface area (Å²) in [6.45, 7) is 6.77. The van der Waals surface area contributed by atoms with E-state index in [1.54, 1.807) is 12.5 Å². The molecule has 0 saturated carbocycles. The van der Waals surface area contributed by atoms with E-state index in [9.17, 15) is 0 Å². The van der Waals surface area contributed by atoms with Gasteiger partial charge >= 0.3 is 0 Å². The highest BCUT2D eigenvalue weighted by atomic mass is 15.3. The van der Waals surface area contributed by atoms with Gasteiger partial charge in [0.05, 0.1) is 12.4 Å². The van der Waals surface area contributed by atoms with Crippen LogP contribution >= 0.6 is 0 Å². The van der Waals surface area contributed by atoms with Crippen molar-refractivity contribution in [3.8, 4) is 0 Å². The molecule has 0 spiro atoms. The second-order valence-corrected chi connectivity index (χ2v) is 6.74. The number of hydrogen-bond acceptors (Lipinski definition) is 6. The van der Waals surface area contributed by atoms with Crippen LogP contribution in [0.3, 0.4) is 0 Å². The smallest absolute Gasteiger partial charge is 0.180 e. The molecule has 0 N–H and O–H groups in total. The van der Waals surface area contributed by atoms with Crippen LogP contribution in [0.5, 0.6) is 0 Å². The van der Waals surface area contributed by atoms with E-state index in [-0.39, 0.29) is 0 Å². The first-order chi connectivity index (χ1) is 11.3. The fraction of sp³-hybridized carbons (Fsp3) is 0.688. The molecule has 0 radical (unpaired) electrons. The van der Waals surface area contributed by atoms with Gasteiger partial charge in [0.2, 0.25) is 0 Å². The lowest BCUT2D eigenvalue weighted by atomic mass is 10.0. The summed E-state index contributed by atoms with van der Waals surface area (Å²) < 4.78 is 2.03. The van der Waals surface area contributed by atoms with Crippen molar-refractivity contribution in [1.82, 2.24) is 29.4 Å². The summed E-state index contributed by atoms with van der Waals surface area (Å²) in [6.07, 6.45) is 9.54. The average Bonchev–Trinajstić information content (AvgIpc) is 3.06. The third-order valence-corrected chi connectivity index (χ3v) is 5.29. The number of fused-ring (bicyclic) bond motifs is 1. The summed E-state index contributed by atoms with van der Waals surface area (Å²) in [4.78, 5) is 11.8. The zero-order valence-corrected chi connectivity index (χ0v) is 13.8. The Bertz CT molecular complexity index is 647. The van der Waals surface area contributed by atoms with E-state index in [2.05, 4.69) is 36.9 Å². The van der Waals surface area contributed by atoms with E-state index in [1.807, 2.05) is 10.6 Å². The quantitative estimate of drug-likeness (QED) is 0.832. The minimum absolute atomic E-state index is 0.734. The molecule has 2 fully saturated rings. The second kappa shape index (κ2) is 6.41. The van der Waals surface area contributed by atoms with E-state index in [0.717, 1.165) is 43.7 Å². The molecule has 4 heterocycles. The topological polar surface area (TPSA) is 52.8 Å². The van der Waals surface area contributed by atoms with Crippen LogP contribution in [0.1, 0.15) is 19.3 Å². The average molecular weight is 315 g/mol. The molecule has 0 amide bonds. The molecule has 0 aliphatic carbocycles. The Hall–Kier alpha value is -1.73. The van der Waals surface area contributed by atoms with Gasteiger partial charge < -0.3 is 9.80 Å².